The highest BCUT2D eigenvalue weighted by molar-refractivity contribution is 5.95. The number of nitrogens with two attached hydrogens (primary N) is 1. The number of amides is 1. The molecule has 1 aliphatic heterocycles. The van der Waals surface area contributed by atoms with Gasteiger partial charge in [0.1, 0.15) is 12.3 Å². The molecule has 1 fully saturated rings. The van der Waals surface area contributed by atoms with Crippen molar-refractivity contribution in [3.8, 4) is 17.6 Å². The summed E-state index contributed by atoms with van der Waals surface area (Å²) in [7, 11) is 3.03. The number of aromatic nitrogens is 1. The van der Waals surface area contributed by atoms with E-state index in [0.717, 1.165) is 38.2 Å². The minimum atomic E-state index is -4.42. The van der Waals surface area contributed by atoms with E-state index < -0.39 is 12.7 Å². The van der Waals surface area contributed by atoms with Gasteiger partial charge < -0.3 is 50.1 Å². The molecule has 0 spiro atoms. The van der Waals surface area contributed by atoms with Crippen LogP contribution in [0.25, 0.3) is 10.9 Å². The van der Waals surface area contributed by atoms with Crippen molar-refractivity contribution >= 4 is 28.2 Å². The Morgan fingerprint density at radius 1 is 0.980 bits per heavy atom. The Hall–Kier alpha value is -4.00. The molecule has 0 radical (unpaired) electrons. The van der Waals surface area contributed by atoms with Gasteiger partial charge in [0.25, 0.3) is 5.91 Å². The van der Waals surface area contributed by atoms with E-state index in [0.29, 0.717) is 74.1 Å². The molecule has 1 saturated heterocycles. The maximum absolute atomic E-state index is 13.7. The van der Waals surface area contributed by atoms with Gasteiger partial charge >= 0.3 is 6.18 Å². The number of hydrogen-bond acceptors (Lipinski definition) is 9. The van der Waals surface area contributed by atoms with Crippen molar-refractivity contribution in [3.63, 3.8) is 0 Å². The highest BCUT2D eigenvalue weighted by atomic mass is 19.4. The zero-order valence-corrected chi connectivity index (χ0v) is 28.2. The van der Waals surface area contributed by atoms with Crippen LogP contribution >= 0.6 is 0 Å². The van der Waals surface area contributed by atoms with Crippen molar-refractivity contribution in [3.05, 3.63) is 53.7 Å². The number of carbonyl (C=O) groups is 1. The third-order valence-corrected chi connectivity index (χ3v) is 8.06. The van der Waals surface area contributed by atoms with Gasteiger partial charge in [0.15, 0.2) is 0 Å². The van der Waals surface area contributed by atoms with E-state index in [1.165, 1.54) is 11.7 Å². The van der Waals surface area contributed by atoms with Gasteiger partial charge in [0.05, 0.1) is 70.2 Å². The molecule has 0 atom stereocenters. The number of nitrogens with zero attached hydrogens (tertiary/aromatic N) is 2. The maximum Gasteiger partial charge on any atom is 0.406 e. The molecule has 11 nitrogen and oxygen atoms in total. The maximum atomic E-state index is 13.7. The van der Waals surface area contributed by atoms with E-state index in [2.05, 4.69) is 32.7 Å². The number of carbonyl (C=O) groups excluding carboxylic acids is 1. The zero-order chi connectivity index (χ0) is 35.1. The number of fused-ring (bicyclic) bond motifs is 1. The number of piperidine rings is 1. The molecule has 0 bridgehead atoms. The quantitative estimate of drug-likeness (QED) is 0.116. The van der Waals surface area contributed by atoms with Crippen LogP contribution in [0.5, 0.6) is 5.75 Å². The van der Waals surface area contributed by atoms with Crippen molar-refractivity contribution in [1.82, 2.24) is 14.8 Å². The smallest absolute Gasteiger partial charge is 0.406 e. The molecule has 5 N–H and O–H groups in total. The zero-order valence-electron chi connectivity index (χ0n) is 28.2. The van der Waals surface area contributed by atoms with Crippen LogP contribution in [0, 0.1) is 11.8 Å². The van der Waals surface area contributed by atoms with Crippen LogP contribution in [0.1, 0.15) is 28.9 Å². The van der Waals surface area contributed by atoms with Gasteiger partial charge in [0.2, 0.25) is 0 Å². The molecule has 3 aromatic rings. The summed E-state index contributed by atoms with van der Waals surface area (Å²) in [5, 5.41) is 9.96. The van der Waals surface area contributed by atoms with Crippen LogP contribution in [0.2, 0.25) is 0 Å². The van der Waals surface area contributed by atoms with Crippen LogP contribution in [-0.2, 0) is 20.8 Å². The number of benzene rings is 2. The molecule has 1 amide bonds. The molecular formula is C35H47F3N6O5. The highest BCUT2D eigenvalue weighted by Gasteiger charge is 2.30. The molecule has 2 heterocycles. The number of hydrogen-bond donors (Lipinski definition) is 4. The molecule has 1 aromatic heterocycles. The van der Waals surface area contributed by atoms with E-state index in [1.54, 1.807) is 43.4 Å². The summed E-state index contributed by atoms with van der Waals surface area (Å²) in [6, 6.07) is 12.2. The fourth-order valence-corrected chi connectivity index (χ4v) is 5.60. The molecule has 0 unspecified atom stereocenters. The van der Waals surface area contributed by atoms with Crippen molar-refractivity contribution in [2.75, 3.05) is 97.2 Å². The summed E-state index contributed by atoms with van der Waals surface area (Å²) >= 11 is 0. The lowest BCUT2D eigenvalue weighted by Crippen LogP contribution is -2.40. The molecule has 268 valence electrons. The second kappa shape index (κ2) is 19.3. The number of alkyl halides is 3. The molecule has 0 saturated carbocycles. The monoisotopic (exact) mass is 688 g/mol. The van der Waals surface area contributed by atoms with E-state index in [-0.39, 0.29) is 24.2 Å². The molecule has 1 aliphatic rings. The second-order valence-electron chi connectivity index (χ2n) is 11.5. The number of halogens is 3. The topological polar surface area (TPSA) is 124 Å². The first-order valence-corrected chi connectivity index (χ1v) is 16.5. The largest absolute Gasteiger partial charge is 0.495 e. The SMILES string of the molecule is CNC(=O)c1ccc(NCC#Cc2cc3c(NC4CCN(CCOCCOCCOCCN)CC4)cccc3n2CC(F)(F)F)c(OC)c1. The summed E-state index contributed by atoms with van der Waals surface area (Å²) in [5.41, 5.74) is 7.94. The van der Waals surface area contributed by atoms with Gasteiger partial charge in [-0.1, -0.05) is 12.0 Å². The summed E-state index contributed by atoms with van der Waals surface area (Å²) < 4.78 is 64.1. The molecule has 4 rings (SSSR count). The summed E-state index contributed by atoms with van der Waals surface area (Å²) in [6.07, 6.45) is -2.62. The molecule has 49 heavy (non-hydrogen) atoms. The minimum absolute atomic E-state index is 0.150. The fraction of sp³-hybridized carbons (Fsp3) is 0.514. The molecule has 2 aromatic carbocycles. The van der Waals surface area contributed by atoms with E-state index in [1.807, 2.05) is 6.07 Å². The molecular weight excluding hydrogens is 641 g/mol. The average Bonchev–Trinajstić information content (AvgIpc) is 3.44. The van der Waals surface area contributed by atoms with E-state index in [4.69, 9.17) is 24.7 Å². The Labute approximate surface area is 285 Å². The second-order valence-corrected chi connectivity index (χ2v) is 11.5. The number of anilines is 2. The predicted octanol–water partition coefficient (Wildman–Crippen LogP) is 3.92. The summed E-state index contributed by atoms with van der Waals surface area (Å²) in [5.74, 6) is 6.08. The number of nitrogens with one attached hydrogen (secondary N) is 3. The number of likely N-dealkylation sites (tertiary alicyclic amines) is 1. The minimum Gasteiger partial charge on any atom is -0.495 e. The van der Waals surface area contributed by atoms with Gasteiger partial charge in [-0.05, 0) is 55.2 Å². The number of methoxy groups -OCH3 is 1. The Bertz CT molecular complexity index is 1550. The normalized spacial score (nSPS) is 14.0. The van der Waals surface area contributed by atoms with E-state index >= 15 is 0 Å². The lowest BCUT2D eigenvalue weighted by atomic mass is 10.0. The van der Waals surface area contributed by atoms with Gasteiger partial charge in [-0.2, -0.15) is 13.2 Å². The van der Waals surface area contributed by atoms with Crippen molar-refractivity contribution < 1.29 is 36.9 Å². The van der Waals surface area contributed by atoms with E-state index in [9.17, 15) is 18.0 Å². The van der Waals surface area contributed by atoms with Crippen LogP contribution in [-0.4, -0.2) is 114 Å². The van der Waals surface area contributed by atoms with Crippen molar-refractivity contribution in [2.24, 2.45) is 5.73 Å². The van der Waals surface area contributed by atoms with Crippen LogP contribution in [0.3, 0.4) is 0 Å². The van der Waals surface area contributed by atoms with Crippen LogP contribution in [0.15, 0.2) is 42.5 Å². The van der Waals surface area contributed by atoms with Crippen molar-refractivity contribution in [1.29, 1.82) is 0 Å². The lowest BCUT2D eigenvalue weighted by molar-refractivity contribution is -0.140. The van der Waals surface area contributed by atoms with Crippen LogP contribution < -0.4 is 26.4 Å². The Morgan fingerprint density at radius 2 is 1.69 bits per heavy atom. The van der Waals surface area contributed by atoms with Crippen LogP contribution in [0.4, 0.5) is 24.5 Å². The number of rotatable bonds is 18. The predicted molar refractivity (Wildman–Crippen MR) is 184 cm³/mol. The summed E-state index contributed by atoms with van der Waals surface area (Å²) in [6.45, 7) is 5.35. The Kier molecular flexibility index (Phi) is 14.9. The lowest BCUT2D eigenvalue weighted by Gasteiger charge is -2.32. The van der Waals surface area contributed by atoms with Crippen molar-refractivity contribution in [2.45, 2.75) is 31.6 Å². The average molecular weight is 689 g/mol. The number of ether oxygens (including phenoxy) is 4. The first-order valence-electron chi connectivity index (χ1n) is 16.5. The highest BCUT2D eigenvalue weighted by Crippen LogP contribution is 2.31. The Morgan fingerprint density at radius 3 is 2.37 bits per heavy atom. The molecule has 14 heteroatoms. The third-order valence-electron chi connectivity index (χ3n) is 8.06. The molecule has 0 aliphatic carbocycles. The standard InChI is InChI=1S/C35H47F3N6O5/c1-40-34(45)26-8-9-31(33(23-26)46-2)41-13-4-5-28-24-29-30(6-3-7-32(29)44(28)25-35(36,37)38)42-27-10-14-43(15-11-27)16-18-48-20-22-49-21-19-47-17-12-39/h3,6-9,23-24,27,41-42H,10-22,25,39H2,1-2H3,(H,40,45). The fourth-order valence-electron chi connectivity index (χ4n) is 5.60. The first kappa shape index (κ1) is 37.8. The third kappa shape index (κ3) is 11.8. The summed E-state index contributed by atoms with van der Waals surface area (Å²) in [4.78, 5) is 14.3. The Balaban J connectivity index is 1.33. The van der Waals surface area contributed by atoms with Gasteiger partial charge in [0, 0.05) is 55.9 Å². The first-order chi connectivity index (χ1) is 23.7. The van der Waals surface area contributed by atoms with Gasteiger partial charge in [-0.3, -0.25) is 4.79 Å². The van der Waals surface area contributed by atoms with Gasteiger partial charge in [-0.25, -0.2) is 0 Å². The van der Waals surface area contributed by atoms with Gasteiger partial charge in [-0.15, -0.1) is 0 Å².